The van der Waals surface area contributed by atoms with Crippen molar-refractivity contribution in [2.45, 2.75) is 85.6 Å². The van der Waals surface area contributed by atoms with Crippen LogP contribution in [0.2, 0.25) is 0 Å². The Kier molecular flexibility index (Phi) is 9.87. The first-order valence-electron chi connectivity index (χ1n) is 10.7. The number of carbonyl (C=O) groups is 2. The van der Waals surface area contributed by atoms with Gasteiger partial charge in [0.15, 0.2) is 0 Å². The molecule has 3 N–H and O–H groups in total. The van der Waals surface area contributed by atoms with Crippen molar-refractivity contribution in [1.82, 2.24) is 10.6 Å². The highest BCUT2D eigenvalue weighted by Crippen LogP contribution is 2.30. The maximum absolute atomic E-state index is 12.3. The number of aliphatic imine (C=N–C) groups is 1. The Hall–Kier alpha value is -1.69. The maximum Gasteiger partial charge on any atom is 0.331 e. The molecule has 1 saturated heterocycles. The smallest absolute Gasteiger partial charge is 0.331 e. The molecule has 1 atom stereocenters. The number of carboxylic acids is 1. The van der Waals surface area contributed by atoms with Gasteiger partial charge in [0.1, 0.15) is 11.4 Å². The molecule has 6 nitrogen and oxygen atoms in total. The summed E-state index contributed by atoms with van der Waals surface area (Å²) in [4.78, 5) is 28.5. The van der Waals surface area contributed by atoms with Gasteiger partial charge in [-0.1, -0.05) is 47.5 Å². The molecule has 1 amide bonds. The summed E-state index contributed by atoms with van der Waals surface area (Å²) >= 11 is 0. The number of amidine groups is 1. The van der Waals surface area contributed by atoms with E-state index in [1.807, 2.05) is 34.6 Å². The van der Waals surface area contributed by atoms with E-state index in [2.05, 4.69) is 15.6 Å². The van der Waals surface area contributed by atoms with E-state index in [4.69, 9.17) is 0 Å². The van der Waals surface area contributed by atoms with Gasteiger partial charge in [0.05, 0.1) is 0 Å². The van der Waals surface area contributed by atoms with Gasteiger partial charge in [0.2, 0.25) is 0 Å². The van der Waals surface area contributed by atoms with Crippen LogP contribution in [0.1, 0.15) is 80.1 Å². The molecule has 1 unspecified atom stereocenters. The summed E-state index contributed by atoms with van der Waals surface area (Å²) < 4.78 is 0. The highest BCUT2D eigenvalue weighted by molar-refractivity contribution is 6.17. The average Bonchev–Trinajstić information content (AvgIpc) is 2.95. The second-order valence-electron chi connectivity index (χ2n) is 8.48. The van der Waals surface area contributed by atoms with Crippen LogP contribution in [0.25, 0.3) is 0 Å². The van der Waals surface area contributed by atoms with E-state index in [1.165, 1.54) is 32.4 Å². The number of rotatable bonds is 7. The molecule has 0 aliphatic carbocycles. The second-order valence-corrected chi connectivity index (χ2v) is 8.48. The zero-order chi connectivity index (χ0) is 21.3. The Labute approximate surface area is 170 Å². The Morgan fingerprint density at radius 1 is 1.18 bits per heavy atom. The molecule has 28 heavy (non-hydrogen) atoms. The number of carboxylic acid groups (broad SMARTS) is 1. The first-order chi connectivity index (χ1) is 13.1. The number of unbranched alkanes of at least 4 members (excludes halogenated alkanes) is 1. The third kappa shape index (κ3) is 6.43. The molecule has 0 saturated carbocycles. The van der Waals surface area contributed by atoms with E-state index in [0.717, 1.165) is 12.8 Å². The normalized spacial score (nSPS) is 23.0. The van der Waals surface area contributed by atoms with E-state index < -0.39 is 11.5 Å². The highest BCUT2D eigenvalue weighted by atomic mass is 16.4. The van der Waals surface area contributed by atoms with E-state index >= 15 is 0 Å². The van der Waals surface area contributed by atoms with Crippen molar-refractivity contribution in [2.24, 2.45) is 16.8 Å². The van der Waals surface area contributed by atoms with Crippen LogP contribution in [0, 0.1) is 11.8 Å². The molecule has 0 spiro atoms. The molecular weight excluding hydrogens is 354 g/mol. The number of aliphatic carboxylic acids is 1. The second kappa shape index (κ2) is 11.3. The third-order valence-electron chi connectivity index (χ3n) is 5.56. The fourth-order valence-corrected chi connectivity index (χ4v) is 3.34. The molecule has 0 bridgehead atoms. The summed E-state index contributed by atoms with van der Waals surface area (Å²) in [7, 11) is 0. The van der Waals surface area contributed by atoms with Crippen LogP contribution in [-0.2, 0) is 9.59 Å². The fraction of sp³-hybridized carbons (Fsp3) is 0.773. The summed E-state index contributed by atoms with van der Waals surface area (Å²) in [5.41, 5.74) is 0.187. The molecule has 0 aromatic rings. The number of piperidine rings is 1. The molecule has 0 aromatic carbocycles. The van der Waals surface area contributed by atoms with Crippen molar-refractivity contribution in [3.8, 4) is 0 Å². The molecule has 160 valence electrons. The van der Waals surface area contributed by atoms with E-state index in [9.17, 15) is 14.7 Å². The minimum Gasteiger partial charge on any atom is -0.478 e. The molecule has 0 aromatic heterocycles. The minimum absolute atomic E-state index is 0.0171. The van der Waals surface area contributed by atoms with Gasteiger partial charge in [-0.15, -0.1) is 0 Å². The number of nitrogens with zero attached hydrogens (tertiary/aromatic N) is 1. The van der Waals surface area contributed by atoms with Gasteiger partial charge in [0.25, 0.3) is 5.91 Å². The molecular formula is C22H39N3O3. The monoisotopic (exact) mass is 393 g/mol. The standard InChI is InChI=1S/C17H28N2O3.C5H11N/c1-7-8-9-12(15(20)21)13(10(2)3)14-18-16(22)17(6,19-14)11(4)5;1-2-4-6-5-3-1/h10-11H,7-9H2,1-6H3,(H,20,21)(H,18,19,22);6H,1-5H2/b13-12-;. The Morgan fingerprint density at radius 2 is 1.79 bits per heavy atom. The first-order valence-corrected chi connectivity index (χ1v) is 10.7. The van der Waals surface area contributed by atoms with E-state index in [-0.39, 0.29) is 17.7 Å². The lowest BCUT2D eigenvalue weighted by Crippen LogP contribution is -2.41. The molecule has 6 heteroatoms. The van der Waals surface area contributed by atoms with Crippen molar-refractivity contribution in [3.05, 3.63) is 11.1 Å². The highest BCUT2D eigenvalue weighted by Gasteiger charge is 2.43. The van der Waals surface area contributed by atoms with Crippen molar-refractivity contribution in [1.29, 1.82) is 0 Å². The van der Waals surface area contributed by atoms with Crippen LogP contribution in [0.3, 0.4) is 0 Å². The van der Waals surface area contributed by atoms with Crippen molar-refractivity contribution in [3.63, 3.8) is 0 Å². The minimum atomic E-state index is -0.924. The zero-order valence-corrected chi connectivity index (χ0v) is 18.5. The van der Waals surface area contributed by atoms with Crippen LogP contribution in [0.15, 0.2) is 16.1 Å². The van der Waals surface area contributed by atoms with Crippen molar-refractivity contribution >= 4 is 17.7 Å². The van der Waals surface area contributed by atoms with Gasteiger partial charge in [-0.05, 0) is 57.5 Å². The number of hydrogen-bond acceptors (Lipinski definition) is 4. The van der Waals surface area contributed by atoms with Crippen LogP contribution < -0.4 is 10.6 Å². The number of hydrogen-bond donors (Lipinski definition) is 3. The van der Waals surface area contributed by atoms with Gasteiger partial charge >= 0.3 is 5.97 Å². The predicted molar refractivity (Wildman–Crippen MR) is 115 cm³/mol. The average molecular weight is 394 g/mol. The van der Waals surface area contributed by atoms with Gasteiger partial charge in [-0.2, -0.15) is 0 Å². The van der Waals surface area contributed by atoms with E-state index in [1.54, 1.807) is 6.92 Å². The number of nitrogens with one attached hydrogen (secondary N) is 2. The SMILES string of the molecule is C1CCNCC1.CCCC/C(C(=O)O)=C(/C1=NC(C)(C(C)C)C(=O)N1)C(C)C. The van der Waals surface area contributed by atoms with Crippen LogP contribution in [-0.4, -0.2) is 41.4 Å². The molecule has 2 aliphatic heterocycles. The maximum atomic E-state index is 12.3. The Balaban J connectivity index is 0.000000552. The molecule has 0 radical (unpaired) electrons. The topological polar surface area (TPSA) is 90.8 Å². The van der Waals surface area contributed by atoms with Gasteiger partial charge in [0, 0.05) is 11.1 Å². The van der Waals surface area contributed by atoms with E-state index in [0.29, 0.717) is 23.4 Å². The lowest BCUT2D eigenvalue weighted by molar-refractivity contribution is -0.133. The molecule has 1 fully saturated rings. The Morgan fingerprint density at radius 3 is 2.11 bits per heavy atom. The van der Waals surface area contributed by atoms with Gasteiger partial charge in [-0.25, -0.2) is 4.79 Å². The fourth-order valence-electron chi connectivity index (χ4n) is 3.34. The number of amides is 1. The first kappa shape index (κ1) is 24.3. The summed E-state index contributed by atoms with van der Waals surface area (Å²) in [6.45, 7) is 14.1. The molecule has 2 aliphatic rings. The quantitative estimate of drug-likeness (QED) is 0.572. The lowest BCUT2D eigenvalue weighted by atomic mass is 9.89. The number of carbonyl (C=O) groups excluding carboxylic acids is 1. The van der Waals surface area contributed by atoms with Gasteiger partial charge < -0.3 is 15.7 Å². The van der Waals surface area contributed by atoms with Crippen molar-refractivity contribution < 1.29 is 14.7 Å². The third-order valence-corrected chi connectivity index (χ3v) is 5.56. The van der Waals surface area contributed by atoms with Crippen LogP contribution >= 0.6 is 0 Å². The summed E-state index contributed by atoms with van der Waals surface area (Å²) in [5.74, 6) is -0.619. The molecule has 2 heterocycles. The van der Waals surface area contributed by atoms with Crippen molar-refractivity contribution in [2.75, 3.05) is 13.1 Å². The van der Waals surface area contributed by atoms with Crippen LogP contribution in [0.4, 0.5) is 0 Å². The lowest BCUT2D eigenvalue weighted by Gasteiger charge is -2.21. The largest absolute Gasteiger partial charge is 0.478 e. The Bertz CT molecular complexity index is 593. The van der Waals surface area contributed by atoms with Gasteiger partial charge in [-0.3, -0.25) is 9.79 Å². The summed E-state index contributed by atoms with van der Waals surface area (Å²) in [6, 6.07) is 0. The predicted octanol–water partition coefficient (Wildman–Crippen LogP) is 3.92. The summed E-state index contributed by atoms with van der Waals surface area (Å²) in [6.07, 6.45) is 6.44. The zero-order valence-electron chi connectivity index (χ0n) is 18.5. The summed E-state index contributed by atoms with van der Waals surface area (Å²) in [5, 5.41) is 15.7. The molecule has 2 rings (SSSR count). The van der Waals surface area contributed by atoms with Crippen LogP contribution in [0.5, 0.6) is 0 Å².